The molecular weight excluding hydrogens is 388 g/mol. The zero-order chi connectivity index (χ0) is 22.0. The van der Waals surface area contributed by atoms with Crippen molar-refractivity contribution in [3.8, 4) is 5.75 Å². The molecule has 166 valence electrons. The molecule has 31 heavy (non-hydrogen) atoms. The quantitative estimate of drug-likeness (QED) is 0.726. The number of aryl methyl sites for hydroxylation is 1. The van der Waals surface area contributed by atoms with Gasteiger partial charge in [0.05, 0.1) is 7.11 Å². The SMILES string of the molecule is COc1cccc(CN2CCCc3c(C)nc([C@H]4CCCN(C(=O)C(C)C)C4)nc32)c1. The molecule has 6 heteroatoms. The van der Waals surface area contributed by atoms with Crippen LogP contribution in [0.4, 0.5) is 5.82 Å². The molecule has 1 saturated heterocycles. The molecule has 1 atom stereocenters. The Hall–Kier alpha value is -2.63. The zero-order valence-corrected chi connectivity index (χ0v) is 19.2. The first-order chi connectivity index (χ1) is 15.0. The third kappa shape index (κ3) is 4.68. The Balaban J connectivity index is 1.60. The van der Waals surface area contributed by atoms with E-state index in [0.717, 1.165) is 74.9 Å². The van der Waals surface area contributed by atoms with Crippen LogP contribution in [0.2, 0.25) is 0 Å². The Kier molecular flexibility index (Phi) is 6.44. The molecule has 0 N–H and O–H groups in total. The maximum absolute atomic E-state index is 12.5. The molecule has 2 aliphatic heterocycles. The molecule has 0 spiro atoms. The minimum atomic E-state index is 0.0308. The van der Waals surface area contributed by atoms with E-state index in [1.807, 2.05) is 30.9 Å². The van der Waals surface area contributed by atoms with Crippen molar-refractivity contribution in [3.63, 3.8) is 0 Å². The number of amides is 1. The third-order valence-electron chi connectivity index (χ3n) is 6.46. The molecular formula is C25H34N4O2. The predicted molar refractivity (Wildman–Crippen MR) is 123 cm³/mol. The van der Waals surface area contributed by atoms with Crippen LogP contribution in [-0.2, 0) is 17.8 Å². The number of hydrogen-bond donors (Lipinski definition) is 0. The van der Waals surface area contributed by atoms with Crippen LogP contribution in [-0.4, -0.2) is 47.5 Å². The fraction of sp³-hybridized carbons (Fsp3) is 0.560. The molecule has 1 aromatic carbocycles. The second-order valence-electron chi connectivity index (χ2n) is 9.12. The minimum absolute atomic E-state index is 0.0308. The summed E-state index contributed by atoms with van der Waals surface area (Å²) < 4.78 is 5.40. The number of ether oxygens (including phenoxy) is 1. The van der Waals surface area contributed by atoms with Gasteiger partial charge in [-0.05, 0) is 50.3 Å². The summed E-state index contributed by atoms with van der Waals surface area (Å²) in [6.45, 7) is 9.43. The topological polar surface area (TPSA) is 58.6 Å². The van der Waals surface area contributed by atoms with E-state index in [1.165, 1.54) is 11.1 Å². The maximum Gasteiger partial charge on any atom is 0.225 e. The number of fused-ring (bicyclic) bond motifs is 1. The molecule has 1 amide bonds. The van der Waals surface area contributed by atoms with Gasteiger partial charge in [0.2, 0.25) is 5.91 Å². The summed E-state index contributed by atoms with van der Waals surface area (Å²) in [6.07, 6.45) is 4.19. The molecule has 0 bridgehead atoms. The van der Waals surface area contributed by atoms with Gasteiger partial charge in [0, 0.05) is 49.3 Å². The van der Waals surface area contributed by atoms with E-state index in [9.17, 15) is 4.79 Å². The Bertz CT molecular complexity index is 943. The number of carbonyl (C=O) groups excluding carboxylic acids is 1. The predicted octanol–water partition coefficient (Wildman–Crippen LogP) is 4.11. The van der Waals surface area contributed by atoms with Gasteiger partial charge in [-0.1, -0.05) is 26.0 Å². The van der Waals surface area contributed by atoms with Crippen LogP contribution in [0.1, 0.15) is 61.7 Å². The highest BCUT2D eigenvalue weighted by atomic mass is 16.5. The van der Waals surface area contributed by atoms with Crippen molar-refractivity contribution in [1.29, 1.82) is 0 Å². The second kappa shape index (κ2) is 9.25. The van der Waals surface area contributed by atoms with Crippen molar-refractivity contribution in [2.45, 2.75) is 58.9 Å². The minimum Gasteiger partial charge on any atom is -0.497 e. The maximum atomic E-state index is 12.5. The smallest absolute Gasteiger partial charge is 0.225 e. The number of aromatic nitrogens is 2. The van der Waals surface area contributed by atoms with E-state index in [0.29, 0.717) is 0 Å². The molecule has 0 radical (unpaired) electrons. The average Bonchev–Trinajstić information content (AvgIpc) is 2.79. The summed E-state index contributed by atoms with van der Waals surface area (Å²) in [5.74, 6) is 3.33. The lowest BCUT2D eigenvalue weighted by atomic mass is 9.95. The third-order valence-corrected chi connectivity index (χ3v) is 6.46. The highest BCUT2D eigenvalue weighted by molar-refractivity contribution is 5.78. The van der Waals surface area contributed by atoms with Gasteiger partial charge in [0.25, 0.3) is 0 Å². The summed E-state index contributed by atoms with van der Waals surface area (Å²) in [5, 5.41) is 0. The summed E-state index contributed by atoms with van der Waals surface area (Å²) in [5.41, 5.74) is 3.57. The van der Waals surface area contributed by atoms with Crippen LogP contribution in [0.25, 0.3) is 0 Å². The number of anilines is 1. The van der Waals surface area contributed by atoms with Gasteiger partial charge >= 0.3 is 0 Å². The zero-order valence-electron chi connectivity index (χ0n) is 19.2. The van der Waals surface area contributed by atoms with Gasteiger partial charge in [0.1, 0.15) is 17.4 Å². The van der Waals surface area contributed by atoms with Crippen molar-refractivity contribution >= 4 is 11.7 Å². The van der Waals surface area contributed by atoms with Crippen LogP contribution in [0.3, 0.4) is 0 Å². The van der Waals surface area contributed by atoms with Crippen molar-refractivity contribution < 1.29 is 9.53 Å². The summed E-state index contributed by atoms with van der Waals surface area (Å²) >= 11 is 0. The van der Waals surface area contributed by atoms with E-state index >= 15 is 0 Å². The number of carbonyl (C=O) groups is 1. The summed E-state index contributed by atoms with van der Waals surface area (Å²) in [4.78, 5) is 27.0. The van der Waals surface area contributed by atoms with E-state index in [4.69, 9.17) is 14.7 Å². The standard InChI is InChI=1S/C25H34N4O2/c1-17(2)25(30)29-13-6-9-20(16-29)23-26-18(3)22-11-7-12-28(24(22)27-23)15-19-8-5-10-21(14-19)31-4/h5,8,10,14,17,20H,6-7,9,11-13,15-16H2,1-4H3/t20-/m0/s1. The number of rotatable bonds is 5. The number of nitrogens with zero attached hydrogens (tertiary/aromatic N) is 4. The molecule has 0 unspecified atom stereocenters. The number of methoxy groups -OCH3 is 1. The van der Waals surface area contributed by atoms with Crippen molar-refractivity contribution in [2.24, 2.45) is 5.92 Å². The molecule has 1 fully saturated rings. The number of likely N-dealkylation sites (tertiary alicyclic amines) is 1. The largest absolute Gasteiger partial charge is 0.497 e. The molecule has 2 aliphatic rings. The normalized spacial score (nSPS) is 18.8. The van der Waals surface area contributed by atoms with E-state index in [1.54, 1.807) is 7.11 Å². The Labute approximate surface area is 185 Å². The van der Waals surface area contributed by atoms with E-state index < -0.39 is 0 Å². The van der Waals surface area contributed by atoms with Crippen LogP contribution in [0, 0.1) is 12.8 Å². The van der Waals surface area contributed by atoms with Crippen LogP contribution in [0.5, 0.6) is 5.75 Å². The molecule has 6 nitrogen and oxygen atoms in total. The fourth-order valence-corrected chi connectivity index (χ4v) is 4.79. The van der Waals surface area contributed by atoms with Crippen LogP contribution >= 0.6 is 0 Å². The number of hydrogen-bond acceptors (Lipinski definition) is 5. The molecule has 2 aromatic rings. The Morgan fingerprint density at radius 3 is 2.84 bits per heavy atom. The van der Waals surface area contributed by atoms with Crippen LogP contribution in [0.15, 0.2) is 24.3 Å². The van der Waals surface area contributed by atoms with E-state index in [-0.39, 0.29) is 17.7 Å². The fourth-order valence-electron chi connectivity index (χ4n) is 4.79. The van der Waals surface area contributed by atoms with Gasteiger partial charge in [-0.25, -0.2) is 9.97 Å². The van der Waals surface area contributed by atoms with E-state index in [2.05, 4.69) is 24.0 Å². The van der Waals surface area contributed by atoms with Crippen LogP contribution < -0.4 is 9.64 Å². The first-order valence-corrected chi connectivity index (χ1v) is 11.5. The highest BCUT2D eigenvalue weighted by Crippen LogP contribution is 2.33. The number of piperidine rings is 1. The number of benzene rings is 1. The lowest BCUT2D eigenvalue weighted by molar-refractivity contribution is -0.135. The summed E-state index contributed by atoms with van der Waals surface area (Å²) in [7, 11) is 1.70. The van der Waals surface area contributed by atoms with Crippen molar-refractivity contribution in [1.82, 2.24) is 14.9 Å². The summed E-state index contributed by atoms with van der Waals surface area (Å²) in [6, 6.07) is 8.26. The van der Waals surface area contributed by atoms with Gasteiger partial charge in [0.15, 0.2) is 0 Å². The lowest BCUT2D eigenvalue weighted by Gasteiger charge is -2.35. The second-order valence-corrected chi connectivity index (χ2v) is 9.12. The molecule has 0 aliphatic carbocycles. The Morgan fingerprint density at radius 2 is 2.06 bits per heavy atom. The average molecular weight is 423 g/mol. The van der Waals surface area contributed by atoms with Gasteiger partial charge in [-0.15, -0.1) is 0 Å². The van der Waals surface area contributed by atoms with Gasteiger partial charge < -0.3 is 14.5 Å². The lowest BCUT2D eigenvalue weighted by Crippen LogP contribution is -2.41. The first-order valence-electron chi connectivity index (χ1n) is 11.5. The van der Waals surface area contributed by atoms with Gasteiger partial charge in [-0.3, -0.25) is 4.79 Å². The molecule has 4 rings (SSSR count). The first kappa shape index (κ1) is 21.6. The Morgan fingerprint density at radius 1 is 1.23 bits per heavy atom. The monoisotopic (exact) mass is 422 g/mol. The molecule has 3 heterocycles. The highest BCUT2D eigenvalue weighted by Gasteiger charge is 2.30. The van der Waals surface area contributed by atoms with Crippen molar-refractivity contribution in [3.05, 3.63) is 46.9 Å². The molecule has 0 saturated carbocycles. The molecule has 1 aromatic heterocycles. The van der Waals surface area contributed by atoms with Crippen molar-refractivity contribution in [2.75, 3.05) is 31.6 Å². The van der Waals surface area contributed by atoms with Gasteiger partial charge in [-0.2, -0.15) is 0 Å².